The summed E-state index contributed by atoms with van der Waals surface area (Å²) < 4.78 is 52.8. The molecule has 0 radical (unpaired) electrons. The Morgan fingerprint density at radius 3 is 2.42 bits per heavy atom. The number of carbonyl (C=O) groups is 1. The van der Waals surface area contributed by atoms with E-state index in [1.54, 1.807) is 4.90 Å². The van der Waals surface area contributed by atoms with Crippen molar-refractivity contribution in [3.8, 4) is 5.75 Å². The number of nitrogens with zero attached hydrogens (tertiary/aromatic N) is 2. The zero-order chi connectivity index (χ0) is 23.3. The van der Waals surface area contributed by atoms with Gasteiger partial charge < -0.3 is 14.4 Å². The molecule has 2 aromatic carbocycles. The summed E-state index contributed by atoms with van der Waals surface area (Å²) in [6, 6.07) is 14.2. The first-order valence-electron chi connectivity index (χ1n) is 11.2. The Balaban J connectivity index is 1.57. The molecule has 0 unspecified atom stereocenters. The molecule has 0 saturated carbocycles. The Morgan fingerprint density at radius 2 is 1.73 bits per heavy atom. The predicted molar refractivity (Wildman–Crippen MR) is 121 cm³/mol. The summed E-state index contributed by atoms with van der Waals surface area (Å²) in [6.07, 6.45) is 1.47. The van der Waals surface area contributed by atoms with E-state index in [0.717, 1.165) is 12.1 Å². The minimum Gasteiger partial charge on any atom is -0.493 e. The average molecular weight is 477 g/mol. The van der Waals surface area contributed by atoms with Crippen molar-refractivity contribution in [3.05, 3.63) is 60.4 Å². The summed E-state index contributed by atoms with van der Waals surface area (Å²) >= 11 is 0. The number of ether oxygens (including phenoxy) is 2. The molecule has 2 aliphatic rings. The van der Waals surface area contributed by atoms with Crippen molar-refractivity contribution in [1.29, 1.82) is 0 Å². The van der Waals surface area contributed by atoms with Gasteiger partial charge in [0.25, 0.3) is 0 Å². The van der Waals surface area contributed by atoms with E-state index >= 15 is 0 Å². The maximum atomic E-state index is 13.3. The molecule has 2 aromatic rings. The molecule has 2 heterocycles. The molecule has 0 spiro atoms. The molecule has 178 valence electrons. The smallest absolute Gasteiger partial charge is 0.243 e. The molecule has 1 amide bonds. The van der Waals surface area contributed by atoms with Gasteiger partial charge in [-0.2, -0.15) is 4.31 Å². The molecule has 4 rings (SSSR count). The number of piperidine rings is 1. The van der Waals surface area contributed by atoms with Gasteiger partial charge >= 0.3 is 0 Å². The zero-order valence-corrected chi connectivity index (χ0v) is 19.3. The number of sulfonamides is 1. The second-order valence-corrected chi connectivity index (χ2v) is 10.6. The van der Waals surface area contributed by atoms with Gasteiger partial charge in [0.15, 0.2) is 0 Å². The third-order valence-corrected chi connectivity index (χ3v) is 8.12. The fourth-order valence-electron chi connectivity index (χ4n) is 4.44. The Labute approximate surface area is 194 Å². The highest BCUT2D eigenvalue weighted by molar-refractivity contribution is 7.89. The van der Waals surface area contributed by atoms with Crippen LogP contribution in [0.25, 0.3) is 0 Å². The molecule has 0 bridgehead atoms. The van der Waals surface area contributed by atoms with E-state index < -0.39 is 21.3 Å². The van der Waals surface area contributed by atoms with E-state index in [-0.39, 0.29) is 30.4 Å². The number of halogens is 1. The molecule has 2 saturated heterocycles. The van der Waals surface area contributed by atoms with Crippen LogP contribution in [0.3, 0.4) is 0 Å². The van der Waals surface area contributed by atoms with Crippen molar-refractivity contribution < 1.29 is 27.1 Å². The zero-order valence-electron chi connectivity index (χ0n) is 18.5. The molecule has 0 aromatic heterocycles. The molecule has 0 aliphatic carbocycles. The molecule has 33 heavy (non-hydrogen) atoms. The number of carbonyl (C=O) groups excluding carboxylic acids is 1. The average Bonchev–Trinajstić information content (AvgIpc) is 2.84. The highest BCUT2D eigenvalue weighted by atomic mass is 32.2. The van der Waals surface area contributed by atoms with E-state index in [0.29, 0.717) is 51.4 Å². The maximum absolute atomic E-state index is 13.3. The van der Waals surface area contributed by atoms with Crippen LogP contribution < -0.4 is 4.74 Å². The van der Waals surface area contributed by atoms with Gasteiger partial charge in [-0.1, -0.05) is 18.2 Å². The van der Waals surface area contributed by atoms with Crippen LogP contribution in [-0.2, 0) is 19.6 Å². The highest BCUT2D eigenvalue weighted by Crippen LogP contribution is 2.37. The Kier molecular flexibility index (Phi) is 7.31. The van der Waals surface area contributed by atoms with Gasteiger partial charge in [0.1, 0.15) is 11.6 Å². The van der Waals surface area contributed by atoms with E-state index in [4.69, 9.17) is 9.47 Å². The summed E-state index contributed by atoms with van der Waals surface area (Å²) in [5.74, 6) is 0.166. The van der Waals surface area contributed by atoms with Crippen molar-refractivity contribution in [2.75, 3.05) is 46.0 Å². The first-order chi connectivity index (χ1) is 15.9. The fourth-order valence-corrected chi connectivity index (χ4v) is 6.03. The topological polar surface area (TPSA) is 76.2 Å². The summed E-state index contributed by atoms with van der Waals surface area (Å²) in [5.41, 5.74) is -0.670. The van der Waals surface area contributed by atoms with Gasteiger partial charge in [0.2, 0.25) is 15.9 Å². The summed E-state index contributed by atoms with van der Waals surface area (Å²) in [7, 11) is -3.83. The van der Waals surface area contributed by atoms with Gasteiger partial charge in [-0.3, -0.25) is 4.79 Å². The lowest BCUT2D eigenvalue weighted by Gasteiger charge is -2.42. The molecule has 1 atom stereocenters. The first kappa shape index (κ1) is 23.7. The monoisotopic (exact) mass is 476 g/mol. The van der Waals surface area contributed by atoms with Crippen LogP contribution in [-0.4, -0.2) is 69.5 Å². The van der Waals surface area contributed by atoms with Crippen LogP contribution in [0, 0.1) is 11.2 Å². The van der Waals surface area contributed by atoms with E-state index in [1.165, 1.54) is 16.4 Å². The van der Waals surface area contributed by atoms with Crippen molar-refractivity contribution in [3.63, 3.8) is 0 Å². The van der Waals surface area contributed by atoms with Crippen LogP contribution in [0.15, 0.2) is 59.5 Å². The van der Waals surface area contributed by atoms with Gasteiger partial charge in [-0.15, -0.1) is 0 Å². The number of benzene rings is 2. The number of rotatable bonds is 7. The minimum absolute atomic E-state index is 0.0176. The predicted octanol–water partition coefficient (Wildman–Crippen LogP) is 2.92. The normalized spacial score (nSPS) is 22.2. The lowest BCUT2D eigenvalue weighted by atomic mass is 9.78. The Bertz CT molecular complexity index is 1040. The van der Waals surface area contributed by atoms with Crippen molar-refractivity contribution in [2.45, 2.75) is 24.2 Å². The number of amides is 1. The second-order valence-electron chi connectivity index (χ2n) is 8.67. The molecule has 2 fully saturated rings. The maximum Gasteiger partial charge on any atom is 0.243 e. The third-order valence-electron chi connectivity index (χ3n) is 6.26. The summed E-state index contributed by atoms with van der Waals surface area (Å²) in [4.78, 5) is 15.0. The van der Waals surface area contributed by atoms with Gasteiger partial charge in [0, 0.05) is 38.0 Å². The van der Waals surface area contributed by atoms with Crippen LogP contribution in [0.4, 0.5) is 4.39 Å². The highest BCUT2D eigenvalue weighted by Gasteiger charge is 2.43. The van der Waals surface area contributed by atoms with Crippen LogP contribution >= 0.6 is 0 Å². The minimum atomic E-state index is -3.83. The number of morpholine rings is 1. The van der Waals surface area contributed by atoms with Gasteiger partial charge in [0.05, 0.1) is 24.7 Å². The fraction of sp³-hybridized carbons (Fsp3) is 0.458. The molecular weight excluding hydrogens is 447 g/mol. The Hall–Kier alpha value is -2.49. The molecule has 9 heteroatoms. The van der Waals surface area contributed by atoms with E-state index in [1.807, 2.05) is 30.3 Å². The van der Waals surface area contributed by atoms with Crippen LogP contribution in [0.5, 0.6) is 5.75 Å². The summed E-state index contributed by atoms with van der Waals surface area (Å²) in [5, 5.41) is 0. The number of para-hydroxylation sites is 1. The lowest BCUT2D eigenvalue weighted by Crippen LogP contribution is -2.51. The first-order valence-corrected chi connectivity index (χ1v) is 12.6. The standard InChI is InChI=1S/C24H29FN2O5S/c25-20-7-9-22(10-8-20)33(29,30)27-12-4-11-24(18-27,19-32-21-5-2-1-3-6-21)17-23(28)26-13-15-31-16-14-26/h1-3,5-10H,4,11-19H2/t24-/m1/s1. The molecular formula is C24H29FN2O5S. The van der Waals surface area contributed by atoms with Crippen molar-refractivity contribution in [1.82, 2.24) is 9.21 Å². The molecule has 0 N–H and O–H groups in total. The van der Waals surface area contributed by atoms with Crippen LogP contribution in [0.2, 0.25) is 0 Å². The quantitative estimate of drug-likeness (QED) is 0.614. The SMILES string of the molecule is O=C(C[C@]1(COc2ccccc2)CCCN(S(=O)(=O)c2ccc(F)cc2)C1)N1CCOCC1. The van der Waals surface area contributed by atoms with Gasteiger partial charge in [-0.25, -0.2) is 12.8 Å². The van der Waals surface area contributed by atoms with Crippen molar-refractivity contribution >= 4 is 15.9 Å². The van der Waals surface area contributed by atoms with E-state index in [9.17, 15) is 17.6 Å². The number of hydrogen-bond acceptors (Lipinski definition) is 5. The van der Waals surface area contributed by atoms with Gasteiger partial charge in [-0.05, 0) is 49.2 Å². The van der Waals surface area contributed by atoms with Crippen LogP contribution in [0.1, 0.15) is 19.3 Å². The molecule has 7 nitrogen and oxygen atoms in total. The largest absolute Gasteiger partial charge is 0.493 e. The molecule has 2 aliphatic heterocycles. The van der Waals surface area contributed by atoms with E-state index in [2.05, 4.69) is 0 Å². The lowest BCUT2D eigenvalue weighted by molar-refractivity contribution is -0.139. The number of hydrogen-bond donors (Lipinski definition) is 0. The summed E-state index contributed by atoms with van der Waals surface area (Å²) in [6.45, 7) is 2.81. The van der Waals surface area contributed by atoms with Crippen molar-refractivity contribution in [2.24, 2.45) is 5.41 Å². The second kappa shape index (κ2) is 10.2. The Morgan fingerprint density at radius 1 is 1.03 bits per heavy atom. The third kappa shape index (κ3) is 5.72.